The number of halogens is 1. The molecule has 3 aliphatic heterocycles. The van der Waals surface area contributed by atoms with Crippen LogP contribution in [0.25, 0.3) is 0 Å². The zero-order valence-electron chi connectivity index (χ0n) is 17.7. The summed E-state index contributed by atoms with van der Waals surface area (Å²) in [6.07, 6.45) is 0. The third kappa shape index (κ3) is 4.20. The lowest BCUT2D eigenvalue weighted by atomic mass is 10.1. The molecule has 8 nitrogen and oxygen atoms in total. The first-order valence-corrected chi connectivity index (χ1v) is 10.8. The van der Waals surface area contributed by atoms with E-state index in [1.807, 2.05) is 23.1 Å². The first-order chi connectivity index (χ1) is 15.6. The van der Waals surface area contributed by atoms with Gasteiger partial charge in [0, 0.05) is 51.5 Å². The maximum atomic E-state index is 13.1. The summed E-state index contributed by atoms with van der Waals surface area (Å²) in [6, 6.07) is 11.6. The molecule has 0 aromatic heterocycles. The number of carbonyl (C=O) groups is 2. The summed E-state index contributed by atoms with van der Waals surface area (Å²) >= 11 is 0. The molecule has 2 fully saturated rings. The van der Waals surface area contributed by atoms with Crippen LogP contribution in [0.4, 0.5) is 14.9 Å². The molecule has 3 aliphatic rings. The van der Waals surface area contributed by atoms with E-state index in [1.165, 1.54) is 12.1 Å². The van der Waals surface area contributed by atoms with E-state index < -0.39 is 0 Å². The smallest absolute Gasteiger partial charge is 0.325 e. The zero-order valence-corrected chi connectivity index (χ0v) is 17.7. The van der Waals surface area contributed by atoms with E-state index in [2.05, 4.69) is 4.90 Å². The summed E-state index contributed by atoms with van der Waals surface area (Å²) in [4.78, 5) is 32.8. The fraction of sp³-hybridized carbons (Fsp3) is 0.391. The first-order valence-electron chi connectivity index (χ1n) is 10.8. The quantitative estimate of drug-likeness (QED) is 0.713. The Balaban J connectivity index is 1.11. The third-order valence-corrected chi connectivity index (χ3v) is 6.13. The molecule has 0 unspecified atom stereocenters. The highest BCUT2D eigenvalue weighted by atomic mass is 19.1. The van der Waals surface area contributed by atoms with Gasteiger partial charge < -0.3 is 19.3 Å². The zero-order chi connectivity index (χ0) is 22.1. The van der Waals surface area contributed by atoms with Crippen LogP contribution in [0.2, 0.25) is 0 Å². The van der Waals surface area contributed by atoms with Gasteiger partial charge in [0.15, 0.2) is 11.5 Å². The Morgan fingerprint density at radius 3 is 2.44 bits per heavy atom. The number of hydrogen-bond donors (Lipinski definition) is 0. The van der Waals surface area contributed by atoms with Crippen LogP contribution in [0.3, 0.4) is 0 Å². The van der Waals surface area contributed by atoms with Crippen molar-refractivity contribution >= 4 is 17.6 Å². The molecule has 0 bridgehead atoms. The average molecular weight is 440 g/mol. The van der Waals surface area contributed by atoms with Gasteiger partial charge in [-0.3, -0.25) is 14.6 Å². The van der Waals surface area contributed by atoms with Crippen molar-refractivity contribution in [3.8, 4) is 11.5 Å². The topological polar surface area (TPSA) is 65.6 Å². The molecule has 0 saturated carbocycles. The van der Waals surface area contributed by atoms with Crippen LogP contribution in [-0.4, -0.2) is 79.2 Å². The van der Waals surface area contributed by atoms with Crippen LogP contribution in [0, 0.1) is 5.82 Å². The summed E-state index contributed by atoms with van der Waals surface area (Å²) in [5, 5.41) is 0. The number of hydrogen-bond acceptors (Lipinski definition) is 5. The Hall–Kier alpha value is -3.33. The normalized spacial score (nSPS) is 18.5. The molecule has 2 saturated heterocycles. The van der Waals surface area contributed by atoms with Gasteiger partial charge in [-0.25, -0.2) is 9.18 Å². The SMILES string of the molecule is O=C(CN1CCN(c2ccc(F)cc2)C1=O)N1CCN(Cc2ccc3c(c2)OCO3)CC1. The molecule has 5 rings (SSSR count). The van der Waals surface area contributed by atoms with Crippen LogP contribution in [0.5, 0.6) is 11.5 Å². The van der Waals surface area contributed by atoms with Crippen molar-refractivity contribution in [2.24, 2.45) is 0 Å². The predicted molar refractivity (Wildman–Crippen MR) is 115 cm³/mol. The minimum absolute atomic E-state index is 0.0398. The molecule has 168 valence electrons. The van der Waals surface area contributed by atoms with Crippen LogP contribution in [-0.2, 0) is 11.3 Å². The van der Waals surface area contributed by atoms with E-state index in [4.69, 9.17) is 9.47 Å². The maximum absolute atomic E-state index is 13.1. The van der Waals surface area contributed by atoms with Crippen LogP contribution in [0.15, 0.2) is 42.5 Å². The molecule has 0 radical (unpaired) electrons. The number of nitrogens with zero attached hydrogens (tertiary/aromatic N) is 4. The Morgan fingerprint density at radius 1 is 0.906 bits per heavy atom. The van der Waals surface area contributed by atoms with Gasteiger partial charge in [-0.05, 0) is 42.0 Å². The highest BCUT2D eigenvalue weighted by Crippen LogP contribution is 2.32. The highest BCUT2D eigenvalue weighted by molar-refractivity contribution is 5.96. The van der Waals surface area contributed by atoms with Crippen molar-refractivity contribution in [2.45, 2.75) is 6.54 Å². The van der Waals surface area contributed by atoms with E-state index >= 15 is 0 Å². The molecule has 3 amide bonds. The number of anilines is 1. The van der Waals surface area contributed by atoms with Gasteiger partial charge in [0.1, 0.15) is 12.4 Å². The third-order valence-electron chi connectivity index (χ3n) is 6.13. The Kier molecular flexibility index (Phi) is 5.57. The van der Waals surface area contributed by atoms with Crippen molar-refractivity contribution in [1.82, 2.24) is 14.7 Å². The Labute approximate surface area is 185 Å². The minimum atomic E-state index is -0.343. The summed E-state index contributed by atoms with van der Waals surface area (Å²) in [5.41, 5.74) is 1.79. The fourth-order valence-corrected chi connectivity index (χ4v) is 4.31. The molecule has 32 heavy (non-hydrogen) atoms. The van der Waals surface area contributed by atoms with E-state index in [9.17, 15) is 14.0 Å². The second-order valence-corrected chi connectivity index (χ2v) is 8.18. The van der Waals surface area contributed by atoms with E-state index in [-0.39, 0.29) is 31.1 Å². The van der Waals surface area contributed by atoms with Gasteiger partial charge >= 0.3 is 6.03 Å². The van der Waals surface area contributed by atoms with Crippen molar-refractivity contribution in [3.05, 3.63) is 53.8 Å². The number of piperazine rings is 1. The van der Waals surface area contributed by atoms with Crippen molar-refractivity contribution < 1.29 is 23.5 Å². The van der Waals surface area contributed by atoms with E-state index in [0.717, 1.165) is 36.7 Å². The lowest BCUT2D eigenvalue weighted by molar-refractivity contribution is -0.133. The molecule has 0 N–H and O–H groups in total. The van der Waals surface area contributed by atoms with Crippen LogP contribution in [0.1, 0.15) is 5.56 Å². The van der Waals surface area contributed by atoms with Gasteiger partial charge in [0.05, 0.1) is 0 Å². The summed E-state index contributed by atoms with van der Waals surface area (Å²) in [6.45, 7) is 4.90. The molecule has 0 aliphatic carbocycles. The second-order valence-electron chi connectivity index (χ2n) is 8.18. The summed E-state index contributed by atoms with van der Waals surface area (Å²) in [5.74, 6) is 1.17. The summed E-state index contributed by atoms with van der Waals surface area (Å²) < 4.78 is 23.9. The van der Waals surface area contributed by atoms with Crippen molar-refractivity contribution in [2.75, 3.05) is 57.5 Å². The van der Waals surface area contributed by atoms with Crippen LogP contribution < -0.4 is 14.4 Å². The second kappa shape index (κ2) is 8.66. The standard InChI is InChI=1S/C23H25FN4O4/c24-18-2-4-19(5-3-18)28-12-11-27(23(28)30)15-22(29)26-9-7-25(8-10-26)14-17-1-6-20-21(13-17)32-16-31-20/h1-6,13H,7-12,14-16H2. The Bertz CT molecular complexity index is 1010. The molecular weight excluding hydrogens is 415 g/mol. The lowest BCUT2D eigenvalue weighted by Crippen LogP contribution is -2.51. The largest absolute Gasteiger partial charge is 0.454 e. The molecule has 0 atom stereocenters. The van der Waals surface area contributed by atoms with Gasteiger partial charge in [-0.15, -0.1) is 0 Å². The van der Waals surface area contributed by atoms with Gasteiger partial charge in [-0.2, -0.15) is 0 Å². The molecule has 2 aromatic carbocycles. The predicted octanol–water partition coefficient (Wildman–Crippen LogP) is 2.14. The van der Waals surface area contributed by atoms with Crippen LogP contribution >= 0.6 is 0 Å². The number of ether oxygens (including phenoxy) is 2. The number of benzene rings is 2. The van der Waals surface area contributed by atoms with E-state index in [0.29, 0.717) is 31.9 Å². The minimum Gasteiger partial charge on any atom is -0.454 e. The fourth-order valence-electron chi connectivity index (χ4n) is 4.31. The highest BCUT2D eigenvalue weighted by Gasteiger charge is 2.32. The molecule has 2 aromatic rings. The van der Waals surface area contributed by atoms with Crippen molar-refractivity contribution in [3.63, 3.8) is 0 Å². The van der Waals surface area contributed by atoms with Crippen molar-refractivity contribution in [1.29, 1.82) is 0 Å². The molecular formula is C23H25FN4O4. The maximum Gasteiger partial charge on any atom is 0.325 e. The number of amides is 3. The molecule has 9 heteroatoms. The number of urea groups is 1. The van der Waals surface area contributed by atoms with E-state index in [1.54, 1.807) is 21.9 Å². The number of rotatable bonds is 5. The Morgan fingerprint density at radius 2 is 1.66 bits per heavy atom. The monoisotopic (exact) mass is 440 g/mol. The van der Waals surface area contributed by atoms with Gasteiger partial charge in [0.25, 0.3) is 0 Å². The number of carbonyl (C=O) groups excluding carboxylic acids is 2. The lowest BCUT2D eigenvalue weighted by Gasteiger charge is -2.35. The molecule has 3 heterocycles. The van der Waals surface area contributed by atoms with Gasteiger partial charge in [-0.1, -0.05) is 6.07 Å². The first kappa shape index (κ1) is 20.6. The average Bonchev–Trinajstić information content (AvgIpc) is 3.41. The molecule has 0 spiro atoms. The number of fused-ring (bicyclic) bond motifs is 1. The summed E-state index contributed by atoms with van der Waals surface area (Å²) in [7, 11) is 0. The van der Waals surface area contributed by atoms with Gasteiger partial charge in [0.2, 0.25) is 12.7 Å².